The normalized spacial score (nSPS) is 10.1. The number of amides is 1. The predicted octanol–water partition coefficient (Wildman–Crippen LogP) is 2.40. The lowest BCUT2D eigenvalue weighted by Gasteiger charge is -2.05. The van der Waals surface area contributed by atoms with Gasteiger partial charge in [0, 0.05) is 18.1 Å². The second kappa shape index (κ2) is 4.97. The summed E-state index contributed by atoms with van der Waals surface area (Å²) in [6.45, 7) is 1.83. The van der Waals surface area contributed by atoms with Crippen LogP contribution in [0.15, 0.2) is 30.6 Å². The fourth-order valence-electron chi connectivity index (χ4n) is 1.37. The van der Waals surface area contributed by atoms with Crippen molar-refractivity contribution in [2.45, 2.75) is 6.92 Å². The van der Waals surface area contributed by atoms with Crippen LogP contribution in [-0.2, 0) is 0 Å². The summed E-state index contributed by atoms with van der Waals surface area (Å²) in [4.78, 5) is 27.0. The average Bonchev–Trinajstić information content (AvgIpc) is 2.81. The van der Waals surface area contributed by atoms with E-state index >= 15 is 0 Å². The van der Waals surface area contributed by atoms with Gasteiger partial charge in [-0.3, -0.25) is 9.78 Å². The van der Waals surface area contributed by atoms with E-state index < -0.39 is 5.97 Å². The standard InChI is InChI=1S/C12H10N2O3S/c1-7-6-13-5-4-8(7)14-11(15)9-2-3-10(18-9)12(16)17/h2-6H,1H3,(H,16,17)(H,13,14,15). The molecular weight excluding hydrogens is 252 g/mol. The van der Waals surface area contributed by atoms with Gasteiger partial charge < -0.3 is 10.4 Å². The van der Waals surface area contributed by atoms with Gasteiger partial charge in [0.1, 0.15) is 4.88 Å². The molecule has 0 saturated carbocycles. The number of aromatic carboxylic acids is 1. The second-order valence-electron chi connectivity index (χ2n) is 3.61. The Kier molecular flexibility index (Phi) is 3.38. The third-order valence-electron chi connectivity index (χ3n) is 2.31. The molecule has 2 rings (SSSR count). The molecule has 0 saturated heterocycles. The van der Waals surface area contributed by atoms with E-state index in [0.29, 0.717) is 10.6 Å². The summed E-state index contributed by atoms with van der Waals surface area (Å²) in [7, 11) is 0. The summed E-state index contributed by atoms with van der Waals surface area (Å²) in [5, 5.41) is 11.5. The minimum atomic E-state index is -1.03. The monoisotopic (exact) mass is 262 g/mol. The maximum absolute atomic E-state index is 11.9. The van der Waals surface area contributed by atoms with Crippen LogP contribution in [0.2, 0.25) is 0 Å². The number of hydrogen-bond acceptors (Lipinski definition) is 4. The van der Waals surface area contributed by atoms with Gasteiger partial charge in [-0.15, -0.1) is 11.3 Å². The Labute approximate surface area is 107 Å². The molecule has 5 nitrogen and oxygen atoms in total. The molecule has 2 heterocycles. The van der Waals surface area contributed by atoms with Crippen molar-refractivity contribution in [3.8, 4) is 0 Å². The van der Waals surface area contributed by atoms with Gasteiger partial charge in [-0.25, -0.2) is 4.79 Å². The summed E-state index contributed by atoms with van der Waals surface area (Å²) in [5.74, 6) is -1.35. The van der Waals surface area contributed by atoms with Crippen molar-refractivity contribution in [2.24, 2.45) is 0 Å². The van der Waals surface area contributed by atoms with E-state index in [1.165, 1.54) is 12.1 Å². The van der Waals surface area contributed by atoms with Crippen LogP contribution >= 0.6 is 11.3 Å². The first-order valence-electron chi connectivity index (χ1n) is 5.13. The lowest BCUT2D eigenvalue weighted by molar-refractivity contribution is 0.0702. The zero-order valence-corrected chi connectivity index (χ0v) is 10.3. The number of pyridine rings is 1. The number of anilines is 1. The van der Waals surface area contributed by atoms with Crippen molar-refractivity contribution in [1.82, 2.24) is 4.98 Å². The molecule has 0 bridgehead atoms. The number of hydrogen-bond donors (Lipinski definition) is 2. The lowest BCUT2D eigenvalue weighted by Crippen LogP contribution is -2.11. The zero-order chi connectivity index (χ0) is 13.1. The molecule has 0 unspecified atom stereocenters. The van der Waals surface area contributed by atoms with Crippen molar-refractivity contribution in [2.75, 3.05) is 5.32 Å². The number of carboxylic acids is 1. The van der Waals surface area contributed by atoms with E-state index in [1.54, 1.807) is 18.5 Å². The first-order valence-corrected chi connectivity index (χ1v) is 5.94. The zero-order valence-electron chi connectivity index (χ0n) is 9.51. The minimum Gasteiger partial charge on any atom is -0.477 e. The number of aryl methyl sites for hydroxylation is 1. The molecule has 2 N–H and O–H groups in total. The molecule has 0 radical (unpaired) electrons. The molecule has 2 aromatic heterocycles. The molecule has 0 atom stereocenters. The van der Waals surface area contributed by atoms with E-state index in [1.807, 2.05) is 6.92 Å². The van der Waals surface area contributed by atoms with Crippen molar-refractivity contribution >= 4 is 28.9 Å². The molecular formula is C12H10N2O3S. The Morgan fingerprint density at radius 2 is 2.00 bits per heavy atom. The number of carbonyl (C=O) groups is 2. The highest BCUT2D eigenvalue weighted by Gasteiger charge is 2.13. The third-order valence-corrected chi connectivity index (χ3v) is 3.38. The number of thiophene rings is 1. The molecule has 0 fully saturated rings. The van der Waals surface area contributed by atoms with Gasteiger partial charge in [0.15, 0.2) is 0 Å². The fraction of sp³-hybridized carbons (Fsp3) is 0.0833. The highest BCUT2D eigenvalue weighted by molar-refractivity contribution is 7.15. The van der Waals surface area contributed by atoms with Crippen LogP contribution in [0.5, 0.6) is 0 Å². The molecule has 6 heteroatoms. The molecule has 92 valence electrons. The van der Waals surface area contributed by atoms with Crippen molar-refractivity contribution < 1.29 is 14.7 Å². The Morgan fingerprint density at radius 1 is 1.28 bits per heavy atom. The Hall–Kier alpha value is -2.21. The largest absolute Gasteiger partial charge is 0.477 e. The van der Waals surface area contributed by atoms with Crippen LogP contribution < -0.4 is 5.32 Å². The first-order chi connectivity index (χ1) is 8.58. The number of aromatic nitrogens is 1. The van der Waals surface area contributed by atoms with Gasteiger partial charge in [0.25, 0.3) is 5.91 Å². The first kappa shape index (κ1) is 12.3. The summed E-state index contributed by atoms with van der Waals surface area (Å²) in [6, 6.07) is 4.61. The van der Waals surface area contributed by atoms with Crippen LogP contribution in [0.4, 0.5) is 5.69 Å². The van der Waals surface area contributed by atoms with E-state index in [9.17, 15) is 9.59 Å². The molecule has 0 aliphatic heterocycles. The smallest absolute Gasteiger partial charge is 0.345 e. The number of nitrogens with zero attached hydrogens (tertiary/aromatic N) is 1. The van der Waals surface area contributed by atoms with Gasteiger partial charge in [0.2, 0.25) is 0 Å². The van der Waals surface area contributed by atoms with Gasteiger partial charge in [-0.1, -0.05) is 0 Å². The highest BCUT2D eigenvalue weighted by atomic mass is 32.1. The highest BCUT2D eigenvalue weighted by Crippen LogP contribution is 2.19. The maximum atomic E-state index is 11.9. The van der Waals surface area contributed by atoms with Gasteiger partial charge in [-0.2, -0.15) is 0 Å². The molecule has 0 aromatic carbocycles. The molecule has 18 heavy (non-hydrogen) atoms. The van der Waals surface area contributed by atoms with E-state index in [0.717, 1.165) is 16.9 Å². The molecule has 0 aliphatic rings. The van der Waals surface area contributed by atoms with E-state index in [2.05, 4.69) is 10.3 Å². The Balaban J connectivity index is 2.17. The maximum Gasteiger partial charge on any atom is 0.345 e. The number of carbonyl (C=O) groups excluding carboxylic acids is 1. The lowest BCUT2D eigenvalue weighted by atomic mass is 10.2. The van der Waals surface area contributed by atoms with Crippen molar-refractivity contribution in [3.63, 3.8) is 0 Å². The van der Waals surface area contributed by atoms with Crippen LogP contribution in [0.25, 0.3) is 0 Å². The van der Waals surface area contributed by atoms with Crippen LogP contribution in [0.1, 0.15) is 24.9 Å². The number of rotatable bonds is 3. The summed E-state index contributed by atoms with van der Waals surface area (Å²) in [6.07, 6.45) is 3.23. The Morgan fingerprint density at radius 3 is 2.61 bits per heavy atom. The molecule has 0 aliphatic carbocycles. The Bertz CT molecular complexity index is 607. The third kappa shape index (κ3) is 2.54. The molecule has 2 aromatic rings. The average molecular weight is 262 g/mol. The van der Waals surface area contributed by atoms with E-state index in [4.69, 9.17) is 5.11 Å². The number of carboxylic acid groups (broad SMARTS) is 1. The van der Waals surface area contributed by atoms with Crippen LogP contribution in [0.3, 0.4) is 0 Å². The van der Waals surface area contributed by atoms with Crippen LogP contribution in [-0.4, -0.2) is 22.0 Å². The van der Waals surface area contributed by atoms with Gasteiger partial charge in [0.05, 0.1) is 4.88 Å². The van der Waals surface area contributed by atoms with Crippen LogP contribution in [0, 0.1) is 6.92 Å². The molecule has 0 spiro atoms. The van der Waals surface area contributed by atoms with Gasteiger partial charge in [-0.05, 0) is 30.7 Å². The van der Waals surface area contributed by atoms with Crippen molar-refractivity contribution in [1.29, 1.82) is 0 Å². The van der Waals surface area contributed by atoms with Crippen molar-refractivity contribution in [3.05, 3.63) is 45.9 Å². The summed E-state index contributed by atoms with van der Waals surface area (Å²) in [5.41, 5.74) is 1.51. The fourth-order valence-corrected chi connectivity index (χ4v) is 2.11. The quantitative estimate of drug-likeness (QED) is 0.890. The minimum absolute atomic E-state index is 0.145. The molecule has 1 amide bonds. The number of nitrogens with one attached hydrogen (secondary N) is 1. The predicted molar refractivity (Wildman–Crippen MR) is 68.2 cm³/mol. The topological polar surface area (TPSA) is 79.3 Å². The van der Waals surface area contributed by atoms with Gasteiger partial charge >= 0.3 is 5.97 Å². The SMILES string of the molecule is Cc1cnccc1NC(=O)c1ccc(C(=O)O)s1. The second-order valence-corrected chi connectivity index (χ2v) is 4.70. The summed E-state index contributed by atoms with van der Waals surface area (Å²) >= 11 is 0.947. The van der Waals surface area contributed by atoms with E-state index in [-0.39, 0.29) is 10.8 Å². The summed E-state index contributed by atoms with van der Waals surface area (Å²) < 4.78 is 0.